The van der Waals surface area contributed by atoms with E-state index in [4.69, 9.17) is 17.0 Å². The third kappa shape index (κ3) is 4.67. The Bertz CT molecular complexity index is 1140. The number of rotatable bonds is 6. The molecule has 4 rings (SSSR count). The SMILES string of the molecule is CC1=C(C(=O)c2ccccc2)C(c2ccccc2OCc2ccc(C)cc2)NC(=S)N1. The molecule has 0 radical (unpaired) electrons. The summed E-state index contributed by atoms with van der Waals surface area (Å²) in [5.41, 5.74) is 5.18. The molecule has 1 heterocycles. The summed E-state index contributed by atoms with van der Waals surface area (Å²) in [7, 11) is 0. The molecule has 3 aromatic rings. The lowest BCUT2D eigenvalue weighted by Gasteiger charge is -2.31. The highest BCUT2D eigenvalue weighted by Crippen LogP contribution is 2.35. The molecule has 0 saturated carbocycles. The molecule has 31 heavy (non-hydrogen) atoms. The molecule has 4 nitrogen and oxygen atoms in total. The molecule has 1 unspecified atom stereocenters. The maximum Gasteiger partial charge on any atom is 0.193 e. The van der Waals surface area contributed by atoms with Crippen LogP contribution in [0.3, 0.4) is 0 Å². The second-order valence-corrected chi connectivity index (χ2v) is 7.99. The van der Waals surface area contributed by atoms with Crippen LogP contribution < -0.4 is 15.4 Å². The summed E-state index contributed by atoms with van der Waals surface area (Å²) in [5, 5.41) is 6.86. The van der Waals surface area contributed by atoms with Crippen molar-refractivity contribution in [1.29, 1.82) is 0 Å². The summed E-state index contributed by atoms with van der Waals surface area (Å²) < 4.78 is 6.18. The maximum absolute atomic E-state index is 13.4. The molecule has 0 bridgehead atoms. The number of carbonyl (C=O) groups excluding carboxylic acids is 1. The number of carbonyl (C=O) groups is 1. The lowest BCUT2D eigenvalue weighted by atomic mass is 9.89. The van der Waals surface area contributed by atoms with Crippen LogP contribution in [0.5, 0.6) is 5.75 Å². The van der Waals surface area contributed by atoms with Crippen molar-refractivity contribution in [2.75, 3.05) is 0 Å². The van der Waals surface area contributed by atoms with E-state index in [0.29, 0.717) is 22.9 Å². The van der Waals surface area contributed by atoms with E-state index in [9.17, 15) is 4.79 Å². The second-order valence-electron chi connectivity index (χ2n) is 7.58. The number of benzene rings is 3. The Kier molecular flexibility index (Phi) is 6.14. The zero-order valence-electron chi connectivity index (χ0n) is 17.5. The van der Waals surface area contributed by atoms with Crippen molar-refractivity contribution in [3.8, 4) is 5.75 Å². The number of para-hydroxylation sites is 1. The fourth-order valence-corrected chi connectivity index (χ4v) is 3.94. The van der Waals surface area contributed by atoms with E-state index < -0.39 is 6.04 Å². The summed E-state index contributed by atoms with van der Waals surface area (Å²) in [6.45, 7) is 4.38. The molecule has 1 atom stereocenters. The van der Waals surface area contributed by atoms with Crippen LogP contribution in [0.1, 0.15) is 40.0 Å². The van der Waals surface area contributed by atoms with Gasteiger partial charge in [-0.1, -0.05) is 78.4 Å². The Hall–Kier alpha value is -3.44. The van der Waals surface area contributed by atoms with Crippen molar-refractivity contribution in [1.82, 2.24) is 10.6 Å². The number of hydrogen-bond donors (Lipinski definition) is 2. The Balaban J connectivity index is 1.68. The molecule has 3 aromatic carbocycles. The van der Waals surface area contributed by atoms with Crippen LogP contribution in [0.15, 0.2) is 90.1 Å². The molecule has 5 heteroatoms. The first-order valence-electron chi connectivity index (χ1n) is 10.2. The summed E-state index contributed by atoms with van der Waals surface area (Å²) in [5.74, 6) is 0.676. The molecule has 1 aliphatic heterocycles. The fourth-order valence-electron chi connectivity index (χ4n) is 3.67. The zero-order valence-corrected chi connectivity index (χ0v) is 18.3. The zero-order chi connectivity index (χ0) is 21.8. The van der Waals surface area contributed by atoms with Crippen molar-refractivity contribution < 1.29 is 9.53 Å². The van der Waals surface area contributed by atoms with E-state index in [1.165, 1.54) is 5.56 Å². The molecule has 0 aliphatic carbocycles. The number of Topliss-reactive ketones (excluding diaryl/α,β-unsaturated/α-hetero) is 1. The van der Waals surface area contributed by atoms with Gasteiger partial charge in [-0.2, -0.15) is 0 Å². The Morgan fingerprint density at radius 2 is 1.61 bits per heavy atom. The minimum atomic E-state index is -0.407. The number of thiocarbonyl (C=S) groups is 1. The van der Waals surface area contributed by atoms with Gasteiger partial charge in [0.1, 0.15) is 12.4 Å². The maximum atomic E-state index is 13.4. The monoisotopic (exact) mass is 428 g/mol. The van der Waals surface area contributed by atoms with Crippen molar-refractivity contribution in [3.63, 3.8) is 0 Å². The van der Waals surface area contributed by atoms with Gasteiger partial charge in [-0.05, 0) is 37.7 Å². The quantitative estimate of drug-likeness (QED) is 0.415. The standard InChI is InChI=1S/C26H24N2O2S/c1-17-12-14-19(15-13-17)16-30-22-11-7-6-10-21(22)24-23(18(2)27-26(31)28-24)25(29)20-8-4-3-5-9-20/h3-15,24H,16H2,1-2H3,(H2,27,28,31). The highest BCUT2D eigenvalue weighted by atomic mass is 32.1. The lowest BCUT2D eigenvalue weighted by Crippen LogP contribution is -2.45. The number of aryl methyl sites for hydroxylation is 1. The first kappa shape index (κ1) is 20.8. The molecule has 1 aliphatic rings. The first-order chi connectivity index (χ1) is 15.0. The van der Waals surface area contributed by atoms with Gasteiger partial charge in [0.25, 0.3) is 0 Å². The predicted molar refractivity (Wildman–Crippen MR) is 127 cm³/mol. The van der Waals surface area contributed by atoms with E-state index in [1.807, 2.05) is 61.5 Å². The molecular weight excluding hydrogens is 404 g/mol. The van der Waals surface area contributed by atoms with Crippen LogP contribution in [0.2, 0.25) is 0 Å². The molecular formula is C26H24N2O2S. The van der Waals surface area contributed by atoms with Gasteiger partial charge in [0.15, 0.2) is 10.9 Å². The van der Waals surface area contributed by atoms with E-state index in [0.717, 1.165) is 22.6 Å². The minimum absolute atomic E-state index is 0.0427. The summed E-state index contributed by atoms with van der Waals surface area (Å²) in [6, 6.07) is 24.9. The Labute approximate surface area is 188 Å². The number of allylic oxidation sites excluding steroid dienone is 1. The summed E-state index contributed by atoms with van der Waals surface area (Å²) in [6.07, 6.45) is 0. The van der Waals surface area contributed by atoms with Crippen LogP contribution in [0, 0.1) is 6.92 Å². The third-order valence-corrected chi connectivity index (χ3v) is 5.51. The van der Waals surface area contributed by atoms with Gasteiger partial charge < -0.3 is 15.4 Å². The van der Waals surface area contributed by atoms with Gasteiger partial charge in [0.05, 0.1) is 6.04 Å². The lowest BCUT2D eigenvalue weighted by molar-refractivity contribution is 0.102. The van der Waals surface area contributed by atoms with Crippen LogP contribution in [-0.4, -0.2) is 10.9 Å². The topological polar surface area (TPSA) is 50.4 Å². The molecule has 0 saturated heterocycles. The van der Waals surface area contributed by atoms with Gasteiger partial charge in [-0.15, -0.1) is 0 Å². The predicted octanol–water partition coefficient (Wildman–Crippen LogP) is 5.25. The smallest absolute Gasteiger partial charge is 0.193 e. The van der Waals surface area contributed by atoms with Gasteiger partial charge in [0.2, 0.25) is 0 Å². The summed E-state index contributed by atoms with van der Waals surface area (Å²) >= 11 is 5.40. The van der Waals surface area contributed by atoms with E-state index in [2.05, 4.69) is 41.8 Å². The number of nitrogens with one attached hydrogen (secondary N) is 2. The van der Waals surface area contributed by atoms with Gasteiger partial charge in [0, 0.05) is 22.4 Å². The average Bonchev–Trinajstić information content (AvgIpc) is 2.78. The van der Waals surface area contributed by atoms with E-state index in [-0.39, 0.29) is 5.78 Å². The van der Waals surface area contributed by atoms with Gasteiger partial charge >= 0.3 is 0 Å². The number of ether oxygens (including phenoxy) is 1. The summed E-state index contributed by atoms with van der Waals surface area (Å²) in [4.78, 5) is 13.4. The van der Waals surface area contributed by atoms with Crippen LogP contribution >= 0.6 is 12.2 Å². The molecule has 0 aromatic heterocycles. The average molecular weight is 429 g/mol. The van der Waals surface area contributed by atoms with Crippen molar-refractivity contribution >= 4 is 23.1 Å². The Morgan fingerprint density at radius 3 is 2.35 bits per heavy atom. The van der Waals surface area contributed by atoms with Gasteiger partial charge in [-0.3, -0.25) is 4.79 Å². The first-order valence-corrected chi connectivity index (χ1v) is 10.6. The normalized spacial score (nSPS) is 15.8. The van der Waals surface area contributed by atoms with E-state index >= 15 is 0 Å². The number of ketones is 1. The van der Waals surface area contributed by atoms with E-state index in [1.54, 1.807) is 0 Å². The number of hydrogen-bond acceptors (Lipinski definition) is 3. The fraction of sp³-hybridized carbons (Fsp3) is 0.154. The molecule has 156 valence electrons. The highest BCUT2D eigenvalue weighted by Gasteiger charge is 2.32. The molecule has 0 spiro atoms. The molecule has 0 fully saturated rings. The van der Waals surface area contributed by atoms with Crippen molar-refractivity contribution in [2.24, 2.45) is 0 Å². The molecule has 2 N–H and O–H groups in total. The van der Waals surface area contributed by atoms with Crippen molar-refractivity contribution in [2.45, 2.75) is 26.5 Å². The molecule has 0 amide bonds. The van der Waals surface area contributed by atoms with Crippen LogP contribution in [-0.2, 0) is 6.61 Å². The van der Waals surface area contributed by atoms with Crippen LogP contribution in [0.4, 0.5) is 0 Å². The minimum Gasteiger partial charge on any atom is -0.489 e. The van der Waals surface area contributed by atoms with Crippen LogP contribution in [0.25, 0.3) is 0 Å². The third-order valence-electron chi connectivity index (χ3n) is 5.29. The largest absolute Gasteiger partial charge is 0.489 e. The van der Waals surface area contributed by atoms with Gasteiger partial charge in [-0.25, -0.2) is 0 Å². The van der Waals surface area contributed by atoms with Crippen molar-refractivity contribution in [3.05, 3.63) is 112 Å². The Morgan fingerprint density at radius 1 is 0.935 bits per heavy atom. The highest BCUT2D eigenvalue weighted by molar-refractivity contribution is 7.80. The second kappa shape index (κ2) is 9.14.